The van der Waals surface area contributed by atoms with Crippen molar-refractivity contribution in [3.63, 3.8) is 0 Å². The van der Waals surface area contributed by atoms with E-state index in [-0.39, 0.29) is 36.1 Å². The summed E-state index contributed by atoms with van der Waals surface area (Å²) in [5.74, 6) is -2.09. The van der Waals surface area contributed by atoms with Crippen LogP contribution in [-0.2, 0) is 22.4 Å². The minimum atomic E-state index is -1.01. The van der Waals surface area contributed by atoms with Gasteiger partial charge in [-0.3, -0.25) is 19.5 Å². The first kappa shape index (κ1) is 25.3. The lowest BCUT2D eigenvalue weighted by Crippen LogP contribution is -2.49. The number of amides is 3. The van der Waals surface area contributed by atoms with Crippen LogP contribution in [0.25, 0.3) is 0 Å². The molecule has 1 aliphatic heterocycles. The molecule has 2 aliphatic rings. The second-order valence-corrected chi connectivity index (χ2v) is 9.40. The fourth-order valence-corrected chi connectivity index (χ4v) is 4.13. The molecule has 0 unspecified atom stereocenters. The summed E-state index contributed by atoms with van der Waals surface area (Å²) in [6.07, 6.45) is 2.89. The van der Waals surface area contributed by atoms with E-state index in [1.165, 1.54) is 11.0 Å². The number of rotatable bonds is 8. The number of nitrogens with zero attached hydrogens (tertiary/aromatic N) is 3. The van der Waals surface area contributed by atoms with E-state index in [9.17, 15) is 23.2 Å². The van der Waals surface area contributed by atoms with E-state index in [1.807, 2.05) is 6.07 Å². The van der Waals surface area contributed by atoms with Crippen molar-refractivity contribution in [3.8, 4) is 5.75 Å². The predicted molar refractivity (Wildman–Crippen MR) is 132 cm³/mol. The molecule has 10 nitrogen and oxygen atoms in total. The van der Waals surface area contributed by atoms with Crippen LogP contribution in [0.3, 0.4) is 0 Å². The zero-order chi connectivity index (χ0) is 26.8. The number of aromatic amines is 1. The van der Waals surface area contributed by atoms with Crippen molar-refractivity contribution in [1.82, 2.24) is 25.8 Å². The van der Waals surface area contributed by atoms with Crippen molar-refractivity contribution in [2.24, 2.45) is 0 Å². The number of fused-ring (bicyclic) bond motifs is 1. The van der Waals surface area contributed by atoms with Crippen molar-refractivity contribution in [3.05, 3.63) is 70.8 Å². The number of aryl methyl sites for hydroxylation is 1. The quantitative estimate of drug-likeness (QED) is 0.414. The zero-order valence-electron chi connectivity index (χ0n) is 20.6. The van der Waals surface area contributed by atoms with Gasteiger partial charge in [0.25, 0.3) is 11.8 Å². The highest BCUT2D eigenvalue weighted by Crippen LogP contribution is 2.32. The van der Waals surface area contributed by atoms with Gasteiger partial charge in [0.1, 0.15) is 35.9 Å². The Labute approximate surface area is 216 Å². The Morgan fingerprint density at radius 2 is 1.97 bits per heavy atom. The molecule has 5 rings (SSSR count). The standard InChI is InChI=1S/C26H26F2N6O4/c1-34-20-10-14(3-9-23(35)29-17-6-7-17)2-8-21(20)38-13-19(26(34)37)30-25(36)24-31-22(32-33-24)11-15-4-5-16(27)12-18(15)28/h2,4-5,8,10,12,17,19H,3,6-7,9,11,13H2,1H3,(H,29,35)(H,30,36)(H,31,32,33)/t19-/m0/s1. The van der Waals surface area contributed by atoms with Gasteiger partial charge in [-0.2, -0.15) is 0 Å². The number of anilines is 1. The molecule has 1 aliphatic carbocycles. The van der Waals surface area contributed by atoms with Crippen molar-refractivity contribution in [2.75, 3.05) is 18.6 Å². The summed E-state index contributed by atoms with van der Waals surface area (Å²) in [6.45, 7) is -0.108. The number of aromatic nitrogens is 3. The van der Waals surface area contributed by atoms with Crippen molar-refractivity contribution in [1.29, 1.82) is 0 Å². The van der Waals surface area contributed by atoms with Gasteiger partial charge in [-0.25, -0.2) is 13.8 Å². The fraction of sp³-hybridized carbons (Fsp3) is 0.346. The molecule has 1 fully saturated rings. The maximum atomic E-state index is 13.9. The maximum absolute atomic E-state index is 13.9. The number of H-pyrrole nitrogens is 1. The molecular weight excluding hydrogens is 498 g/mol. The molecule has 198 valence electrons. The molecule has 1 saturated carbocycles. The lowest BCUT2D eigenvalue weighted by Gasteiger charge is -2.20. The Balaban J connectivity index is 1.21. The Bertz CT molecular complexity index is 1390. The van der Waals surface area contributed by atoms with E-state index in [1.54, 1.807) is 19.2 Å². The zero-order valence-corrected chi connectivity index (χ0v) is 20.6. The summed E-state index contributed by atoms with van der Waals surface area (Å²) in [7, 11) is 1.58. The molecule has 2 heterocycles. The third-order valence-corrected chi connectivity index (χ3v) is 6.42. The number of benzene rings is 2. The number of hydrogen-bond donors (Lipinski definition) is 3. The van der Waals surface area contributed by atoms with Crippen LogP contribution in [0.1, 0.15) is 46.8 Å². The molecule has 2 aromatic carbocycles. The molecule has 3 aromatic rings. The smallest absolute Gasteiger partial charge is 0.291 e. The number of ether oxygens (including phenoxy) is 1. The van der Waals surface area contributed by atoms with Crippen LogP contribution in [0.5, 0.6) is 5.75 Å². The van der Waals surface area contributed by atoms with Gasteiger partial charge in [-0.1, -0.05) is 12.1 Å². The van der Waals surface area contributed by atoms with E-state index in [0.717, 1.165) is 30.5 Å². The summed E-state index contributed by atoms with van der Waals surface area (Å²) in [5.41, 5.74) is 1.60. The van der Waals surface area contributed by atoms with E-state index in [2.05, 4.69) is 25.8 Å². The molecule has 12 heteroatoms. The lowest BCUT2D eigenvalue weighted by atomic mass is 10.1. The van der Waals surface area contributed by atoms with Gasteiger partial charge < -0.3 is 20.3 Å². The summed E-state index contributed by atoms with van der Waals surface area (Å²) in [5, 5.41) is 12.0. The molecule has 0 bridgehead atoms. The molecule has 0 spiro atoms. The van der Waals surface area contributed by atoms with Crippen LogP contribution < -0.4 is 20.3 Å². The van der Waals surface area contributed by atoms with E-state index < -0.39 is 29.5 Å². The first-order chi connectivity index (χ1) is 18.3. The summed E-state index contributed by atoms with van der Waals surface area (Å²) >= 11 is 0. The SMILES string of the molecule is CN1C(=O)[C@@H](NC(=O)c2n[nH]c(Cc3ccc(F)cc3F)n2)COc2ccc(CCC(=O)NC3CC3)cc21. The lowest BCUT2D eigenvalue weighted by molar-refractivity contribution is -0.121. The largest absolute Gasteiger partial charge is 0.489 e. The topological polar surface area (TPSA) is 129 Å². The Hall–Kier alpha value is -4.35. The minimum absolute atomic E-state index is 0.00355. The average molecular weight is 525 g/mol. The number of halogens is 2. The molecular formula is C26H26F2N6O4. The first-order valence-corrected chi connectivity index (χ1v) is 12.3. The molecule has 3 amide bonds. The maximum Gasteiger partial charge on any atom is 0.291 e. The van der Waals surface area contributed by atoms with Crippen LogP contribution >= 0.6 is 0 Å². The second-order valence-electron chi connectivity index (χ2n) is 9.40. The normalized spacial score (nSPS) is 16.9. The highest BCUT2D eigenvalue weighted by atomic mass is 19.1. The third-order valence-electron chi connectivity index (χ3n) is 6.42. The summed E-state index contributed by atoms with van der Waals surface area (Å²) in [4.78, 5) is 43.4. The van der Waals surface area contributed by atoms with E-state index in [0.29, 0.717) is 30.3 Å². The average Bonchev–Trinajstić information content (AvgIpc) is 3.60. The molecule has 0 saturated heterocycles. The molecule has 1 aromatic heterocycles. The van der Waals surface area contributed by atoms with Crippen LogP contribution in [-0.4, -0.2) is 58.6 Å². The Morgan fingerprint density at radius 1 is 1.16 bits per heavy atom. The Kier molecular flexibility index (Phi) is 7.03. The van der Waals surface area contributed by atoms with Gasteiger partial charge in [-0.15, -0.1) is 5.10 Å². The monoisotopic (exact) mass is 524 g/mol. The number of nitrogens with one attached hydrogen (secondary N) is 3. The molecule has 38 heavy (non-hydrogen) atoms. The summed E-state index contributed by atoms with van der Waals surface area (Å²) < 4.78 is 32.9. The minimum Gasteiger partial charge on any atom is -0.489 e. The Morgan fingerprint density at radius 3 is 2.74 bits per heavy atom. The van der Waals surface area contributed by atoms with Crippen LogP contribution in [0.4, 0.5) is 14.5 Å². The van der Waals surface area contributed by atoms with Gasteiger partial charge in [0, 0.05) is 32.0 Å². The van der Waals surface area contributed by atoms with E-state index in [4.69, 9.17) is 4.74 Å². The van der Waals surface area contributed by atoms with Gasteiger partial charge in [0.05, 0.1) is 5.69 Å². The van der Waals surface area contributed by atoms with Gasteiger partial charge in [-0.05, 0) is 48.6 Å². The van der Waals surface area contributed by atoms with Gasteiger partial charge in [0.2, 0.25) is 11.7 Å². The van der Waals surface area contributed by atoms with Crippen molar-refractivity contribution >= 4 is 23.4 Å². The third kappa shape index (κ3) is 5.79. The number of likely N-dealkylation sites (N-methyl/N-ethyl adjacent to an activating group) is 1. The van der Waals surface area contributed by atoms with E-state index >= 15 is 0 Å². The van der Waals surface area contributed by atoms with Crippen molar-refractivity contribution < 1.29 is 27.9 Å². The molecule has 0 radical (unpaired) electrons. The first-order valence-electron chi connectivity index (χ1n) is 12.3. The summed E-state index contributed by atoms with van der Waals surface area (Å²) in [6, 6.07) is 7.87. The van der Waals surface area contributed by atoms with Crippen LogP contribution in [0.2, 0.25) is 0 Å². The second kappa shape index (κ2) is 10.6. The molecule has 3 N–H and O–H groups in total. The predicted octanol–water partition coefficient (Wildman–Crippen LogP) is 2.04. The number of hydrogen-bond acceptors (Lipinski definition) is 6. The van der Waals surface area contributed by atoms with Crippen LogP contribution in [0, 0.1) is 11.6 Å². The van der Waals surface area contributed by atoms with Crippen molar-refractivity contribution in [2.45, 2.75) is 44.2 Å². The highest BCUT2D eigenvalue weighted by molar-refractivity contribution is 6.02. The number of carbonyl (C=O) groups is 3. The van der Waals surface area contributed by atoms with Crippen LogP contribution in [0.15, 0.2) is 36.4 Å². The fourth-order valence-electron chi connectivity index (χ4n) is 4.13. The van der Waals surface area contributed by atoms with Gasteiger partial charge in [0.15, 0.2) is 0 Å². The highest BCUT2D eigenvalue weighted by Gasteiger charge is 2.32. The number of carbonyl (C=O) groups excluding carboxylic acids is 3. The molecule has 1 atom stereocenters. The van der Waals surface area contributed by atoms with Gasteiger partial charge >= 0.3 is 0 Å².